The summed E-state index contributed by atoms with van der Waals surface area (Å²) < 4.78 is 0. The van der Waals surface area contributed by atoms with Gasteiger partial charge in [-0.15, -0.1) is 0 Å². The Kier molecular flexibility index (Phi) is 2.73. The van der Waals surface area contributed by atoms with E-state index in [9.17, 15) is 14.4 Å². The normalized spacial score (nSPS) is 23.6. The number of rotatable bonds is 3. The molecular weight excluding hydrogens is 186 g/mol. The quantitative estimate of drug-likeness (QED) is 0.582. The zero-order valence-corrected chi connectivity index (χ0v) is 8.11. The number of nitrogens with one attached hydrogen (secondary N) is 1. The van der Waals surface area contributed by atoms with Crippen molar-refractivity contribution in [1.82, 2.24) is 10.2 Å². The van der Waals surface area contributed by atoms with E-state index < -0.39 is 18.0 Å². The van der Waals surface area contributed by atoms with E-state index in [1.807, 2.05) is 0 Å². The summed E-state index contributed by atoms with van der Waals surface area (Å²) in [5, 5.41) is 2.17. The average molecular weight is 199 g/mol. The lowest BCUT2D eigenvalue weighted by Crippen LogP contribution is -2.42. The first-order valence-electron chi connectivity index (χ1n) is 4.35. The summed E-state index contributed by atoms with van der Waals surface area (Å²) in [7, 11) is 0. The zero-order valence-electron chi connectivity index (χ0n) is 8.11. The molecule has 1 heterocycles. The van der Waals surface area contributed by atoms with E-state index in [0.717, 1.165) is 0 Å². The zero-order chi connectivity index (χ0) is 10.9. The van der Waals surface area contributed by atoms with Crippen molar-refractivity contribution in [2.75, 3.05) is 0 Å². The van der Waals surface area contributed by atoms with Crippen LogP contribution in [0.4, 0.5) is 4.79 Å². The fourth-order valence-corrected chi connectivity index (χ4v) is 1.55. The summed E-state index contributed by atoms with van der Waals surface area (Å²) in [4.78, 5) is 34.3. The molecular formula is C8H13N3O3. The Hall–Kier alpha value is -1.59. The van der Waals surface area contributed by atoms with Crippen molar-refractivity contribution in [1.29, 1.82) is 0 Å². The van der Waals surface area contributed by atoms with Gasteiger partial charge in [0.05, 0.1) is 0 Å². The highest BCUT2D eigenvalue weighted by atomic mass is 16.2. The van der Waals surface area contributed by atoms with Gasteiger partial charge in [0.15, 0.2) is 0 Å². The van der Waals surface area contributed by atoms with E-state index in [4.69, 9.17) is 5.73 Å². The minimum Gasteiger partial charge on any atom is -0.370 e. The highest BCUT2D eigenvalue weighted by Gasteiger charge is 2.38. The van der Waals surface area contributed by atoms with Crippen molar-refractivity contribution in [3.05, 3.63) is 0 Å². The molecule has 1 fully saturated rings. The first-order valence-corrected chi connectivity index (χ1v) is 4.35. The van der Waals surface area contributed by atoms with Crippen LogP contribution in [-0.2, 0) is 9.59 Å². The van der Waals surface area contributed by atoms with Crippen LogP contribution in [0.25, 0.3) is 0 Å². The highest BCUT2D eigenvalue weighted by molar-refractivity contribution is 6.04. The van der Waals surface area contributed by atoms with Crippen molar-refractivity contribution >= 4 is 17.8 Å². The van der Waals surface area contributed by atoms with Crippen LogP contribution in [-0.4, -0.2) is 34.8 Å². The van der Waals surface area contributed by atoms with Gasteiger partial charge in [0.25, 0.3) is 5.91 Å². The van der Waals surface area contributed by atoms with Gasteiger partial charge in [-0.3, -0.25) is 14.9 Å². The average Bonchev–Trinajstić information content (AvgIpc) is 2.25. The van der Waals surface area contributed by atoms with E-state index in [1.165, 1.54) is 4.90 Å². The van der Waals surface area contributed by atoms with Crippen LogP contribution in [0.1, 0.15) is 20.3 Å². The summed E-state index contributed by atoms with van der Waals surface area (Å²) in [6, 6.07) is -1.35. The molecule has 2 unspecified atom stereocenters. The molecule has 0 aromatic heterocycles. The predicted octanol–water partition coefficient (Wildman–Crippen LogP) is -0.809. The number of hydrogen-bond acceptors (Lipinski definition) is 3. The third-order valence-electron chi connectivity index (χ3n) is 2.23. The molecule has 0 aromatic carbocycles. The number of carbonyl (C=O) groups excluding carboxylic acids is 3. The number of urea groups is 1. The maximum absolute atomic E-state index is 11.3. The van der Waals surface area contributed by atoms with E-state index >= 15 is 0 Å². The van der Waals surface area contributed by atoms with Gasteiger partial charge in [-0.2, -0.15) is 0 Å². The molecule has 0 bridgehead atoms. The van der Waals surface area contributed by atoms with Crippen LogP contribution in [0.2, 0.25) is 0 Å². The van der Waals surface area contributed by atoms with Gasteiger partial charge < -0.3 is 10.6 Å². The van der Waals surface area contributed by atoms with Crippen molar-refractivity contribution in [3.63, 3.8) is 0 Å². The number of amides is 4. The highest BCUT2D eigenvalue weighted by Crippen LogP contribution is 2.14. The molecule has 0 saturated carbocycles. The molecule has 78 valence electrons. The van der Waals surface area contributed by atoms with Gasteiger partial charge in [-0.05, 0) is 13.8 Å². The Bertz CT molecular complexity index is 290. The molecule has 0 aliphatic carbocycles. The lowest BCUT2D eigenvalue weighted by atomic mass is 10.1. The van der Waals surface area contributed by atoms with Gasteiger partial charge in [0, 0.05) is 12.5 Å². The summed E-state index contributed by atoms with van der Waals surface area (Å²) in [6.07, 6.45) is 0.0606. The number of nitrogens with two attached hydrogens (primary N) is 1. The molecule has 0 aromatic rings. The molecule has 6 heteroatoms. The Labute approximate surface area is 81.4 Å². The third kappa shape index (κ3) is 1.84. The van der Waals surface area contributed by atoms with E-state index in [-0.39, 0.29) is 18.4 Å². The lowest BCUT2D eigenvalue weighted by molar-refractivity contribution is -0.122. The Morgan fingerprint density at radius 2 is 2.21 bits per heavy atom. The standard InChI is InChI=1S/C8H13N3O3/c1-4(3-6(9)12)11-5(2)7(13)10-8(11)14/h4-5H,3H2,1-2H3,(H2,9,12)(H,10,13,14). The second-order valence-corrected chi connectivity index (χ2v) is 3.40. The second-order valence-electron chi connectivity index (χ2n) is 3.40. The first kappa shape index (κ1) is 10.5. The molecule has 4 amide bonds. The van der Waals surface area contributed by atoms with Gasteiger partial charge >= 0.3 is 6.03 Å². The smallest absolute Gasteiger partial charge is 0.325 e. The van der Waals surface area contributed by atoms with Gasteiger partial charge in [-0.1, -0.05) is 0 Å². The van der Waals surface area contributed by atoms with Crippen LogP contribution in [0, 0.1) is 0 Å². The summed E-state index contributed by atoms with van der Waals surface area (Å²) in [6.45, 7) is 3.29. The van der Waals surface area contributed by atoms with Crippen LogP contribution < -0.4 is 11.1 Å². The fraction of sp³-hybridized carbons (Fsp3) is 0.625. The molecule has 1 aliphatic rings. The van der Waals surface area contributed by atoms with Crippen molar-refractivity contribution in [2.45, 2.75) is 32.4 Å². The fourth-order valence-electron chi connectivity index (χ4n) is 1.55. The topological polar surface area (TPSA) is 92.5 Å². The summed E-state index contributed by atoms with van der Waals surface area (Å²) in [5.74, 6) is -0.830. The number of hydrogen-bond donors (Lipinski definition) is 2. The van der Waals surface area contributed by atoms with Crippen LogP contribution in [0.15, 0.2) is 0 Å². The molecule has 0 radical (unpaired) electrons. The number of primary amides is 1. The Morgan fingerprint density at radius 1 is 1.64 bits per heavy atom. The first-order chi connectivity index (χ1) is 6.43. The van der Waals surface area contributed by atoms with Gasteiger partial charge in [0.2, 0.25) is 5.91 Å². The van der Waals surface area contributed by atoms with Crippen LogP contribution in [0.5, 0.6) is 0 Å². The number of carbonyl (C=O) groups is 3. The molecule has 3 N–H and O–H groups in total. The molecule has 1 saturated heterocycles. The minimum absolute atomic E-state index is 0.0606. The predicted molar refractivity (Wildman–Crippen MR) is 48.1 cm³/mol. The third-order valence-corrected chi connectivity index (χ3v) is 2.23. The summed E-state index contributed by atoms with van der Waals surface area (Å²) >= 11 is 0. The van der Waals surface area contributed by atoms with Gasteiger partial charge in [-0.25, -0.2) is 4.79 Å². The maximum Gasteiger partial charge on any atom is 0.325 e. The molecule has 1 aliphatic heterocycles. The van der Waals surface area contributed by atoms with Crippen molar-refractivity contribution in [2.24, 2.45) is 5.73 Å². The van der Waals surface area contributed by atoms with E-state index in [1.54, 1.807) is 13.8 Å². The lowest BCUT2D eigenvalue weighted by Gasteiger charge is -2.25. The Morgan fingerprint density at radius 3 is 2.57 bits per heavy atom. The molecule has 6 nitrogen and oxygen atoms in total. The molecule has 14 heavy (non-hydrogen) atoms. The SMILES string of the molecule is CC(CC(N)=O)N1C(=O)NC(=O)C1C. The molecule has 0 spiro atoms. The second kappa shape index (κ2) is 3.65. The summed E-state index contributed by atoms with van der Waals surface area (Å²) in [5.41, 5.74) is 5.00. The monoisotopic (exact) mass is 199 g/mol. The molecule has 1 rings (SSSR count). The van der Waals surface area contributed by atoms with Crippen LogP contribution >= 0.6 is 0 Å². The van der Waals surface area contributed by atoms with Crippen molar-refractivity contribution in [3.8, 4) is 0 Å². The van der Waals surface area contributed by atoms with E-state index in [2.05, 4.69) is 5.32 Å². The minimum atomic E-state index is -0.531. The van der Waals surface area contributed by atoms with Gasteiger partial charge in [0.1, 0.15) is 6.04 Å². The largest absolute Gasteiger partial charge is 0.370 e. The van der Waals surface area contributed by atoms with E-state index in [0.29, 0.717) is 0 Å². The van der Waals surface area contributed by atoms with Crippen molar-refractivity contribution < 1.29 is 14.4 Å². The Balaban J connectivity index is 2.71. The molecule has 2 atom stereocenters. The maximum atomic E-state index is 11.3. The van der Waals surface area contributed by atoms with Crippen LogP contribution in [0.3, 0.4) is 0 Å². The number of nitrogens with zero attached hydrogens (tertiary/aromatic N) is 1. The number of imide groups is 1.